The van der Waals surface area contributed by atoms with Gasteiger partial charge in [0.1, 0.15) is 0 Å². The number of pyridine rings is 1. The van der Waals surface area contributed by atoms with Crippen molar-refractivity contribution < 1.29 is 0 Å². The summed E-state index contributed by atoms with van der Waals surface area (Å²) in [6.45, 7) is 2.82. The Labute approximate surface area is 125 Å². The first-order valence-corrected chi connectivity index (χ1v) is 7.07. The Balaban J connectivity index is 2.15. The van der Waals surface area contributed by atoms with Crippen LogP contribution in [-0.2, 0) is 6.54 Å². The van der Waals surface area contributed by atoms with Gasteiger partial charge in [0.05, 0.1) is 11.7 Å². The predicted octanol–water partition coefficient (Wildman–Crippen LogP) is 3.26. The number of hydrogen-bond donors (Lipinski definition) is 1. The summed E-state index contributed by atoms with van der Waals surface area (Å²) in [7, 11) is 2.07. The van der Waals surface area contributed by atoms with E-state index in [1.54, 1.807) is 6.20 Å². The van der Waals surface area contributed by atoms with Crippen LogP contribution >= 0.6 is 11.6 Å². The molecule has 0 spiro atoms. The van der Waals surface area contributed by atoms with E-state index in [1.165, 1.54) is 5.56 Å². The molecule has 0 aliphatic carbocycles. The van der Waals surface area contributed by atoms with Crippen LogP contribution in [0.4, 0.5) is 0 Å². The van der Waals surface area contributed by atoms with E-state index in [4.69, 9.17) is 17.3 Å². The van der Waals surface area contributed by atoms with Crippen LogP contribution in [0.25, 0.3) is 0 Å². The molecule has 3 nitrogen and oxygen atoms in total. The van der Waals surface area contributed by atoms with Crippen molar-refractivity contribution in [1.82, 2.24) is 9.88 Å². The van der Waals surface area contributed by atoms with Crippen molar-refractivity contribution in [3.63, 3.8) is 0 Å². The Morgan fingerprint density at radius 2 is 1.90 bits per heavy atom. The van der Waals surface area contributed by atoms with Gasteiger partial charge in [0, 0.05) is 23.8 Å². The number of rotatable bonds is 5. The van der Waals surface area contributed by atoms with Crippen molar-refractivity contribution >= 4 is 11.6 Å². The summed E-state index contributed by atoms with van der Waals surface area (Å²) in [6, 6.07) is 13.9. The van der Waals surface area contributed by atoms with E-state index in [2.05, 4.69) is 16.9 Å². The predicted molar refractivity (Wildman–Crippen MR) is 83.5 cm³/mol. The number of nitrogens with zero attached hydrogens (tertiary/aromatic N) is 2. The molecule has 0 saturated heterocycles. The largest absolute Gasteiger partial charge is 0.326 e. The van der Waals surface area contributed by atoms with Gasteiger partial charge >= 0.3 is 0 Å². The summed E-state index contributed by atoms with van der Waals surface area (Å²) < 4.78 is 0. The molecule has 1 heterocycles. The summed E-state index contributed by atoms with van der Waals surface area (Å²) in [5.74, 6) is 0. The minimum atomic E-state index is 0.00204. The lowest BCUT2D eigenvalue weighted by atomic mass is 10.0. The molecule has 0 saturated carbocycles. The lowest BCUT2D eigenvalue weighted by Gasteiger charge is -2.30. The number of halogens is 1. The Kier molecular flexibility index (Phi) is 5.12. The van der Waals surface area contributed by atoms with Crippen molar-refractivity contribution in [2.75, 3.05) is 7.05 Å². The Hall–Kier alpha value is -1.42. The highest BCUT2D eigenvalue weighted by Gasteiger charge is 2.22. The summed E-state index contributed by atoms with van der Waals surface area (Å²) in [5.41, 5.74) is 8.35. The zero-order chi connectivity index (χ0) is 14.5. The first kappa shape index (κ1) is 15.0. The molecule has 0 aliphatic rings. The zero-order valence-electron chi connectivity index (χ0n) is 11.8. The molecule has 1 aromatic carbocycles. The number of aromatic nitrogens is 1. The summed E-state index contributed by atoms with van der Waals surface area (Å²) in [4.78, 5) is 6.65. The molecule has 0 aliphatic heterocycles. The quantitative estimate of drug-likeness (QED) is 0.919. The number of benzene rings is 1. The summed E-state index contributed by atoms with van der Waals surface area (Å²) in [6.07, 6.45) is 1.81. The summed E-state index contributed by atoms with van der Waals surface area (Å²) >= 11 is 5.91. The summed E-state index contributed by atoms with van der Waals surface area (Å²) in [5, 5.41) is 0.755. The highest BCUT2D eigenvalue weighted by Crippen LogP contribution is 2.22. The molecule has 106 valence electrons. The van der Waals surface area contributed by atoms with Crippen molar-refractivity contribution in [2.24, 2.45) is 5.73 Å². The van der Waals surface area contributed by atoms with E-state index in [0.717, 1.165) is 17.3 Å². The molecule has 2 N–H and O–H groups in total. The van der Waals surface area contributed by atoms with Gasteiger partial charge in [-0.05, 0) is 43.8 Å². The van der Waals surface area contributed by atoms with Crippen LogP contribution in [0.1, 0.15) is 24.2 Å². The van der Waals surface area contributed by atoms with Crippen LogP contribution in [0.3, 0.4) is 0 Å². The molecule has 0 amide bonds. The van der Waals surface area contributed by atoms with E-state index >= 15 is 0 Å². The van der Waals surface area contributed by atoms with Gasteiger partial charge in [-0.1, -0.05) is 29.8 Å². The van der Waals surface area contributed by atoms with E-state index in [1.807, 2.05) is 49.4 Å². The maximum absolute atomic E-state index is 6.14. The lowest BCUT2D eigenvalue weighted by Crippen LogP contribution is -2.37. The maximum Gasteiger partial charge on any atom is 0.0671 e. The van der Waals surface area contributed by atoms with E-state index < -0.39 is 0 Å². The van der Waals surface area contributed by atoms with Gasteiger partial charge in [-0.3, -0.25) is 9.88 Å². The first-order valence-electron chi connectivity index (χ1n) is 6.69. The van der Waals surface area contributed by atoms with Gasteiger partial charge in [-0.15, -0.1) is 0 Å². The molecule has 2 unspecified atom stereocenters. The number of likely N-dealkylation sites (N-methyl/N-ethyl adjacent to an activating group) is 1. The third kappa shape index (κ3) is 3.79. The van der Waals surface area contributed by atoms with Crippen molar-refractivity contribution in [1.29, 1.82) is 0 Å². The highest BCUT2D eigenvalue weighted by molar-refractivity contribution is 6.30. The fourth-order valence-electron chi connectivity index (χ4n) is 2.42. The fraction of sp³-hybridized carbons (Fsp3) is 0.312. The maximum atomic E-state index is 6.14. The molecule has 20 heavy (non-hydrogen) atoms. The number of hydrogen-bond acceptors (Lipinski definition) is 3. The molecular formula is C16H20ClN3. The second kappa shape index (κ2) is 6.84. The third-order valence-corrected chi connectivity index (χ3v) is 3.56. The zero-order valence-corrected chi connectivity index (χ0v) is 12.6. The molecule has 2 atom stereocenters. The second-order valence-corrected chi connectivity index (χ2v) is 5.54. The van der Waals surface area contributed by atoms with E-state index in [0.29, 0.717) is 0 Å². The lowest BCUT2D eigenvalue weighted by molar-refractivity contribution is 0.206. The minimum Gasteiger partial charge on any atom is -0.326 e. The average Bonchev–Trinajstić information content (AvgIpc) is 2.42. The molecule has 2 aromatic rings. The highest BCUT2D eigenvalue weighted by atomic mass is 35.5. The van der Waals surface area contributed by atoms with Crippen LogP contribution in [0.5, 0.6) is 0 Å². The van der Waals surface area contributed by atoms with Gasteiger partial charge in [-0.25, -0.2) is 0 Å². The minimum absolute atomic E-state index is 0.00204. The van der Waals surface area contributed by atoms with E-state index in [-0.39, 0.29) is 12.1 Å². The molecule has 1 aromatic heterocycles. The second-order valence-electron chi connectivity index (χ2n) is 5.10. The molecule has 2 rings (SSSR count). The van der Waals surface area contributed by atoms with Crippen molar-refractivity contribution in [3.05, 3.63) is 64.9 Å². The first-order chi connectivity index (χ1) is 9.58. The van der Waals surface area contributed by atoms with Crippen LogP contribution in [0.15, 0.2) is 48.7 Å². The van der Waals surface area contributed by atoms with Crippen LogP contribution in [-0.4, -0.2) is 23.0 Å². The molecule has 0 fully saturated rings. The fourth-order valence-corrected chi connectivity index (χ4v) is 2.55. The van der Waals surface area contributed by atoms with Crippen LogP contribution < -0.4 is 5.73 Å². The van der Waals surface area contributed by atoms with E-state index in [9.17, 15) is 0 Å². The third-order valence-electron chi connectivity index (χ3n) is 3.31. The number of nitrogens with two attached hydrogens (primary N) is 1. The molecule has 0 bridgehead atoms. The van der Waals surface area contributed by atoms with Crippen molar-refractivity contribution in [2.45, 2.75) is 25.6 Å². The van der Waals surface area contributed by atoms with Crippen molar-refractivity contribution in [3.8, 4) is 0 Å². The molecule has 4 heteroatoms. The Morgan fingerprint density at radius 1 is 1.20 bits per heavy atom. The SMILES string of the molecule is CC(N)C(c1ccccn1)N(C)Cc1ccc(Cl)cc1. The smallest absolute Gasteiger partial charge is 0.0671 e. The standard InChI is InChI=1S/C16H20ClN3/c1-12(18)16(15-5-3-4-10-19-15)20(2)11-13-6-8-14(17)9-7-13/h3-10,12,16H,11,18H2,1-2H3. The van der Waals surface area contributed by atoms with Crippen LogP contribution in [0.2, 0.25) is 5.02 Å². The van der Waals surface area contributed by atoms with Gasteiger partial charge < -0.3 is 5.73 Å². The Morgan fingerprint density at radius 3 is 2.45 bits per heavy atom. The average molecular weight is 290 g/mol. The van der Waals surface area contributed by atoms with Gasteiger partial charge in [0.2, 0.25) is 0 Å². The normalized spacial score (nSPS) is 14.2. The topological polar surface area (TPSA) is 42.1 Å². The van der Waals surface area contributed by atoms with Gasteiger partial charge in [0.15, 0.2) is 0 Å². The Bertz CT molecular complexity index is 525. The van der Waals surface area contributed by atoms with Gasteiger partial charge in [0.25, 0.3) is 0 Å². The molecular weight excluding hydrogens is 270 g/mol. The van der Waals surface area contributed by atoms with Crippen LogP contribution in [0, 0.1) is 0 Å². The molecule has 0 radical (unpaired) electrons. The van der Waals surface area contributed by atoms with Gasteiger partial charge in [-0.2, -0.15) is 0 Å². The monoisotopic (exact) mass is 289 g/mol.